The number of fused-ring (bicyclic) bond motifs is 2. The Kier molecular flexibility index (Phi) is 3.54. The van der Waals surface area contributed by atoms with Crippen molar-refractivity contribution in [3.05, 3.63) is 52.8 Å². The van der Waals surface area contributed by atoms with Gasteiger partial charge in [-0.25, -0.2) is 14.6 Å². The molecule has 4 aromatic rings. The SMILES string of the molecule is OC(c1cn(-c2cnc3c(c2)CCCO3)nn1)c1c(C2CC2)sc2cncn12. The topological polar surface area (TPSA) is 90.4 Å². The summed E-state index contributed by atoms with van der Waals surface area (Å²) in [6.07, 6.45) is 10.5. The second-order valence-corrected chi connectivity index (χ2v) is 8.39. The molecule has 0 bridgehead atoms. The van der Waals surface area contributed by atoms with Gasteiger partial charge in [-0.3, -0.25) is 4.40 Å². The first kappa shape index (κ1) is 16.2. The minimum atomic E-state index is -0.846. The summed E-state index contributed by atoms with van der Waals surface area (Å²) >= 11 is 1.70. The molecule has 1 aliphatic carbocycles. The van der Waals surface area contributed by atoms with Gasteiger partial charge in [0, 0.05) is 10.4 Å². The van der Waals surface area contributed by atoms with Crippen molar-refractivity contribution < 1.29 is 9.84 Å². The first-order chi connectivity index (χ1) is 13.8. The van der Waals surface area contributed by atoms with E-state index in [1.807, 2.05) is 16.7 Å². The van der Waals surface area contributed by atoms with E-state index in [0.29, 0.717) is 24.1 Å². The molecule has 0 saturated heterocycles. The highest BCUT2D eigenvalue weighted by Crippen LogP contribution is 2.47. The third-order valence-corrected chi connectivity index (χ3v) is 6.61. The number of thiazole rings is 1. The van der Waals surface area contributed by atoms with Gasteiger partial charge in [0.25, 0.3) is 0 Å². The van der Waals surface area contributed by atoms with Crippen LogP contribution in [0.25, 0.3) is 10.5 Å². The lowest BCUT2D eigenvalue weighted by Crippen LogP contribution is -2.10. The maximum atomic E-state index is 11.1. The van der Waals surface area contributed by atoms with Crippen LogP contribution in [0.4, 0.5) is 0 Å². The monoisotopic (exact) mass is 394 g/mol. The Labute approximate surface area is 164 Å². The Morgan fingerprint density at radius 2 is 2.21 bits per heavy atom. The molecular formula is C19H18N6O2S. The quantitative estimate of drug-likeness (QED) is 0.572. The normalized spacial score (nSPS) is 17.5. The van der Waals surface area contributed by atoms with E-state index in [-0.39, 0.29) is 0 Å². The Morgan fingerprint density at radius 1 is 1.29 bits per heavy atom. The summed E-state index contributed by atoms with van der Waals surface area (Å²) in [4.78, 5) is 10.9. The number of aliphatic hydroxyl groups excluding tert-OH is 1. The summed E-state index contributed by atoms with van der Waals surface area (Å²) < 4.78 is 9.21. The molecule has 8 nitrogen and oxygen atoms in total. The van der Waals surface area contributed by atoms with Crippen LogP contribution in [-0.2, 0) is 6.42 Å². The van der Waals surface area contributed by atoms with Crippen LogP contribution in [0, 0.1) is 0 Å². The first-order valence-corrected chi connectivity index (χ1v) is 10.3. The highest BCUT2D eigenvalue weighted by Gasteiger charge is 2.33. The van der Waals surface area contributed by atoms with Crippen LogP contribution in [0.15, 0.2) is 31.0 Å². The number of pyridine rings is 1. The summed E-state index contributed by atoms with van der Waals surface area (Å²) in [7, 11) is 0. The van der Waals surface area contributed by atoms with Crippen molar-refractivity contribution in [1.29, 1.82) is 0 Å². The lowest BCUT2D eigenvalue weighted by Gasteiger charge is -2.16. The molecule has 1 atom stereocenters. The third kappa shape index (κ3) is 2.54. The van der Waals surface area contributed by atoms with Gasteiger partial charge >= 0.3 is 0 Å². The molecule has 1 saturated carbocycles. The molecule has 28 heavy (non-hydrogen) atoms. The van der Waals surface area contributed by atoms with E-state index in [1.54, 1.807) is 34.7 Å². The highest BCUT2D eigenvalue weighted by molar-refractivity contribution is 7.17. The minimum Gasteiger partial charge on any atom is -0.477 e. The number of nitrogens with zero attached hydrogens (tertiary/aromatic N) is 6. The van der Waals surface area contributed by atoms with Crippen molar-refractivity contribution in [2.24, 2.45) is 0 Å². The molecule has 1 fully saturated rings. The minimum absolute atomic E-state index is 0.518. The summed E-state index contributed by atoms with van der Waals surface area (Å²) in [5, 5.41) is 19.6. The van der Waals surface area contributed by atoms with E-state index in [9.17, 15) is 5.11 Å². The van der Waals surface area contributed by atoms with E-state index < -0.39 is 6.10 Å². The van der Waals surface area contributed by atoms with Crippen molar-refractivity contribution >= 4 is 16.2 Å². The number of rotatable bonds is 4. The molecule has 0 radical (unpaired) electrons. The maximum absolute atomic E-state index is 11.1. The van der Waals surface area contributed by atoms with Crippen LogP contribution in [0.1, 0.15) is 53.1 Å². The summed E-state index contributed by atoms with van der Waals surface area (Å²) in [6, 6.07) is 2.03. The molecule has 1 unspecified atom stereocenters. The number of ether oxygens (including phenoxy) is 1. The lowest BCUT2D eigenvalue weighted by atomic mass is 10.1. The van der Waals surface area contributed by atoms with Gasteiger partial charge in [-0.05, 0) is 37.7 Å². The fourth-order valence-corrected chi connectivity index (χ4v) is 5.05. The zero-order valence-corrected chi connectivity index (χ0v) is 15.8. The number of hydrogen-bond acceptors (Lipinski definition) is 7. The smallest absolute Gasteiger partial charge is 0.216 e. The van der Waals surface area contributed by atoms with Gasteiger partial charge < -0.3 is 9.84 Å². The Morgan fingerprint density at radius 3 is 3.11 bits per heavy atom. The average Bonchev–Trinajstić information content (AvgIpc) is 3.14. The van der Waals surface area contributed by atoms with Crippen molar-refractivity contribution in [3.63, 3.8) is 0 Å². The largest absolute Gasteiger partial charge is 0.477 e. The Balaban J connectivity index is 1.37. The number of imidazole rings is 1. The summed E-state index contributed by atoms with van der Waals surface area (Å²) in [5.41, 5.74) is 3.28. The van der Waals surface area contributed by atoms with Crippen molar-refractivity contribution in [2.45, 2.75) is 37.7 Å². The summed E-state index contributed by atoms with van der Waals surface area (Å²) in [5.74, 6) is 1.24. The molecule has 9 heteroatoms. The number of aromatic nitrogens is 6. The molecule has 0 aromatic carbocycles. The van der Waals surface area contributed by atoms with Gasteiger partial charge in [-0.15, -0.1) is 16.4 Å². The number of aryl methyl sites for hydroxylation is 1. The van der Waals surface area contributed by atoms with E-state index in [4.69, 9.17) is 4.74 Å². The molecular weight excluding hydrogens is 376 g/mol. The zero-order chi connectivity index (χ0) is 18.7. The van der Waals surface area contributed by atoms with Gasteiger partial charge in [0.15, 0.2) is 0 Å². The zero-order valence-electron chi connectivity index (χ0n) is 15.0. The molecule has 0 amide bonds. The average molecular weight is 394 g/mol. The fourth-order valence-electron chi connectivity index (χ4n) is 3.75. The van der Waals surface area contributed by atoms with E-state index in [2.05, 4.69) is 20.3 Å². The summed E-state index contributed by atoms with van der Waals surface area (Å²) in [6.45, 7) is 0.714. The molecule has 4 aromatic heterocycles. The molecule has 6 rings (SSSR count). The van der Waals surface area contributed by atoms with Crippen molar-refractivity contribution in [3.8, 4) is 11.6 Å². The molecule has 2 aliphatic rings. The predicted octanol–water partition coefficient (Wildman–Crippen LogP) is 2.66. The molecule has 142 valence electrons. The number of hydrogen-bond donors (Lipinski definition) is 1. The molecule has 5 heterocycles. The van der Waals surface area contributed by atoms with Crippen LogP contribution in [0.2, 0.25) is 0 Å². The van der Waals surface area contributed by atoms with Gasteiger partial charge in [0.2, 0.25) is 5.88 Å². The van der Waals surface area contributed by atoms with Crippen LogP contribution in [0.3, 0.4) is 0 Å². The van der Waals surface area contributed by atoms with E-state index in [0.717, 1.165) is 34.6 Å². The molecule has 1 N–H and O–H groups in total. The second-order valence-electron chi connectivity index (χ2n) is 7.33. The van der Waals surface area contributed by atoms with Gasteiger partial charge in [-0.1, -0.05) is 5.21 Å². The van der Waals surface area contributed by atoms with Gasteiger partial charge in [0.05, 0.1) is 36.6 Å². The number of aliphatic hydroxyl groups is 1. The second kappa shape index (κ2) is 6.11. The maximum Gasteiger partial charge on any atom is 0.216 e. The van der Waals surface area contributed by atoms with Crippen molar-refractivity contribution in [2.75, 3.05) is 6.61 Å². The predicted molar refractivity (Wildman–Crippen MR) is 102 cm³/mol. The first-order valence-electron chi connectivity index (χ1n) is 9.45. The van der Waals surface area contributed by atoms with Crippen LogP contribution in [0.5, 0.6) is 5.88 Å². The Bertz CT molecular complexity index is 1170. The van der Waals surface area contributed by atoms with Gasteiger partial charge in [0.1, 0.15) is 23.0 Å². The van der Waals surface area contributed by atoms with E-state index >= 15 is 0 Å². The standard InChI is InChI=1S/C19H18N6O2S/c26-17(16-18(11-3-4-11)28-15-8-20-10-24(15)16)14-9-25(23-22-14)13-6-12-2-1-5-27-19(12)21-7-13/h6-11,17,26H,1-5H2. The highest BCUT2D eigenvalue weighted by atomic mass is 32.1. The molecule has 1 aliphatic heterocycles. The van der Waals surface area contributed by atoms with Crippen LogP contribution in [-0.4, -0.2) is 41.1 Å². The fraction of sp³-hybridized carbons (Fsp3) is 0.368. The Hall–Kier alpha value is -2.78. The van der Waals surface area contributed by atoms with Gasteiger partial charge in [-0.2, -0.15) is 0 Å². The van der Waals surface area contributed by atoms with Crippen LogP contribution >= 0.6 is 11.3 Å². The lowest BCUT2D eigenvalue weighted by molar-refractivity contribution is 0.208. The van der Waals surface area contributed by atoms with E-state index in [1.165, 1.54) is 17.7 Å². The molecule has 0 spiro atoms. The third-order valence-electron chi connectivity index (χ3n) is 5.33. The van der Waals surface area contributed by atoms with Crippen LogP contribution < -0.4 is 4.74 Å². The van der Waals surface area contributed by atoms with Crippen molar-refractivity contribution in [1.82, 2.24) is 29.4 Å².